The fourth-order valence-corrected chi connectivity index (χ4v) is 0.223. The molecule has 0 unspecified atom stereocenters. The highest BCUT2D eigenvalue weighted by molar-refractivity contribution is 6.63. The molecule has 0 heterocycles. The highest BCUT2D eigenvalue weighted by atomic mass is 35.5. The summed E-state index contributed by atoms with van der Waals surface area (Å²) in [6, 6.07) is 0. The quantitative estimate of drug-likeness (QED) is 0.511. The molecule has 0 aromatic carbocycles. The lowest BCUT2D eigenvalue weighted by Gasteiger charge is -1.95. The van der Waals surface area contributed by atoms with Gasteiger partial charge in [0.15, 0.2) is 0 Å². The van der Waals surface area contributed by atoms with E-state index in [1.807, 2.05) is 0 Å². The summed E-state index contributed by atoms with van der Waals surface area (Å²) in [6.07, 6.45) is -1.50. The van der Waals surface area contributed by atoms with Crippen molar-refractivity contribution in [2.45, 2.75) is 20.2 Å². The topological polar surface area (TPSA) is 17.1 Å². The number of halogens is 1. The molecular weight excluding hydrogens is 112 g/mol. The van der Waals surface area contributed by atoms with Gasteiger partial charge in [0.1, 0.15) is 0 Å². The SMILES string of the molecule is [2H]C([2H])(C)[C@H](C)C(=O)Cl. The summed E-state index contributed by atoms with van der Waals surface area (Å²) in [4.78, 5) is 10.3. The first-order valence-corrected chi connectivity index (χ1v) is 2.43. The van der Waals surface area contributed by atoms with E-state index in [1.54, 1.807) is 0 Å². The van der Waals surface area contributed by atoms with Crippen molar-refractivity contribution in [2.24, 2.45) is 5.92 Å². The lowest BCUT2D eigenvalue weighted by atomic mass is 10.1. The van der Waals surface area contributed by atoms with Crippen molar-refractivity contribution in [1.82, 2.24) is 0 Å². The lowest BCUT2D eigenvalue weighted by Crippen LogP contribution is -1.99. The van der Waals surface area contributed by atoms with Crippen LogP contribution in [0.5, 0.6) is 0 Å². The van der Waals surface area contributed by atoms with Gasteiger partial charge in [0.2, 0.25) is 5.24 Å². The van der Waals surface area contributed by atoms with Gasteiger partial charge in [-0.2, -0.15) is 0 Å². The first-order chi connectivity index (χ1) is 3.85. The summed E-state index contributed by atoms with van der Waals surface area (Å²) in [5.74, 6) is -0.723. The molecule has 0 aliphatic rings. The monoisotopic (exact) mass is 122 g/mol. The molecule has 0 radical (unpaired) electrons. The largest absolute Gasteiger partial charge is 0.281 e. The van der Waals surface area contributed by atoms with Crippen LogP contribution in [0.3, 0.4) is 0 Å². The van der Waals surface area contributed by atoms with Crippen molar-refractivity contribution in [1.29, 1.82) is 0 Å². The molecule has 0 aliphatic heterocycles. The predicted molar refractivity (Wildman–Crippen MR) is 30.3 cm³/mol. The van der Waals surface area contributed by atoms with Crippen LogP contribution in [0.1, 0.15) is 23.0 Å². The predicted octanol–water partition coefficient (Wildman–Crippen LogP) is 1.80. The third-order valence-electron chi connectivity index (χ3n) is 0.773. The van der Waals surface area contributed by atoms with E-state index in [2.05, 4.69) is 0 Å². The highest BCUT2D eigenvalue weighted by Gasteiger charge is 2.04. The van der Waals surface area contributed by atoms with Gasteiger partial charge in [0.25, 0.3) is 0 Å². The van der Waals surface area contributed by atoms with E-state index in [-0.39, 0.29) is 0 Å². The molecule has 0 rings (SSSR count). The van der Waals surface area contributed by atoms with E-state index >= 15 is 0 Å². The third-order valence-corrected chi connectivity index (χ3v) is 1.10. The Balaban J connectivity index is 4.04. The molecular formula is C5H9ClO. The summed E-state index contributed by atoms with van der Waals surface area (Å²) < 4.78 is 14.1. The summed E-state index contributed by atoms with van der Waals surface area (Å²) in [6.45, 7) is 2.80. The van der Waals surface area contributed by atoms with Crippen LogP contribution in [0, 0.1) is 5.92 Å². The van der Waals surface area contributed by atoms with Crippen molar-refractivity contribution in [3.8, 4) is 0 Å². The molecule has 0 fully saturated rings. The molecule has 0 aromatic rings. The maximum atomic E-state index is 10.3. The molecule has 0 N–H and O–H groups in total. The van der Waals surface area contributed by atoms with Crippen molar-refractivity contribution >= 4 is 16.8 Å². The molecule has 0 bridgehead atoms. The lowest BCUT2D eigenvalue weighted by molar-refractivity contribution is -0.114. The Morgan fingerprint density at radius 2 is 2.57 bits per heavy atom. The van der Waals surface area contributed by atoms with Crippen LogP contribution in [0.15, 0.2) is 0 Å². The second kappa shape index (κ2) is 3.03. The molecule has 1 nitrogen and oxygen atoms in total. The Kier molecular flexibility index (Phi) is 1.69. The second-order valence-corrected chi connectivity index (χ2v) is 1.69. The maximum absolute atomic E-state index is 10.3. The smallest absolute Gasteiger partial charge is 0.224 e. The van der Waals surface area contributed by atoms with Crippen LogP contribution in [0.2, 0.25) is 0 Å². The molecule has 0 aliphatic carbocycles. The first-order valence-electron chi connectivity index (χ1n) is 3.05. The molecule has 0 spiro atoms. The molecule has 7 heavy (non-hydrogen) atoms. The molecule has 2 heteroatoms. The molecule has 42 valence electrons. The zero-order chi connectivity index (χ0) is 7.65. The van der Waals surface area contributed by atoms with E-state index < -0.39 is 17.5 Å². The summed E-state index contributed by atoms with van der Waals surface area (Å²) >= 11 is 5.03. The minimum absolute atomic E-state index is 0.623. The van der Waals surface area contributed by atoms with Crippen LogP contribution in [-0.2, 0) is 4.79 Å². The van der Waals surface area contributed by atoms with Crippen molar-refractivity contribution in [3.05, 3.63) is 0 Å². The zero-order valence-electron chi connectivity index (χ0n) is 6.36. The number of carbonyl (C=O) groups is 1. The Labute approximate surface area is 51.5 Å². The van der Waals surface area contributed by atoms with Gasteiger partial charge in [-0.1, -0.05) is 13.8 Å². The fraction of sp³-hybridized carbons (Fsp3) is 0.800. The average molecular weight is 123 g/mol. The van der Waals surface area contributed by atoms with Crippen LogP contribution in [0.25, 0.3) is 0 Å². The zero-order valence-corrected chi connectivity index (χ0v) is 5.12. The van der Waals surface area contributed by atoms with Crippen LogP contribution >= 0.6 is 11.6 Å². The summed E-state index contributed by atoms with van der Waals surface area (Å²) in [7, 11) is 0. The van der Waals surface area contributed by atoms with Crippen LogP contribution in [0.4, 0.5) is 0 Å². The van der Waals surface area contributed by atoms with Gasteiger partial charge in [0, 0.05) is 8.66 Å². The van der Waals surface area contributed by atoms with Gasteiger partial charge in [0.05, 0.1) is 0 Å². The van der Waals surface area contributed by atoms with Gasteiger partial charge in [-0.15, -0.1) is 0 Å². The second-order valence-electron chi connectivity index (χ2n) is 1.31. The maximum Gasteiger partial charge on any atom is 0.224 e. The number of hydrogen-bond acceptors (Lipinski definition) is 1. The Morgan fingerprint density at radius 1 is 2.14 bits per heavy atom. The summed E-state index contributed by atoms with van der Waals surface area (Å²) in [5, 5.41) is -0.623. The van der Waals surface area contributed by atoms with E-state index in [4.69, 9.17) is 14.3 Å². The van der Waals surface area contributed by atoms with E-state index in [1.165, 1.54) is 13.8 Å². The van der Waals surface area contributed by atoms with Crippen molar-refractivity contribution in [2.75, 3.05) is 0 Å². The van der Waals surface area contributed by atoms with Crippen LogP contribution < -0.4 is 0 Å². The molecule has 0 amide bonds. The summed E-state index contributed by atoms with van der Waals surface area (Å²) in [5.41, 5.74) is 0. The number of rotatable bonds is 2. The Hall–Kier alpha value is -0.0400. The minimum Gasteiger partial charge on any atom is -0.281 e. The fourth-order valence-electron chi connectivity index (χ4n) is 0.113. The number of carbonyl (C=O) groups excluding carboxylic acids is 1. The molecule has 1 atom stereocenters. The van der Waals surface area contributed by atoms with Gasteiger partial charge in [-0.25, -0.2) is 0 Å². The Bertz CT molecular complexity index is 119. The van der Waals surface area contributed by atoms with Crippen molar-refractivity contribution in [3.63, 3.8) is 0 Å². The minimum atomic E-state index is -1.50. The number of hydrogen-bond donors (Lipinski definition) is 0. The van der Waals surface area contributed by atoms with Gasteiger partial charge < -0.3 is 0 Å². The standard InChI is InChI=1S/C5H9ClO/c1-3-4(2)5(6)7/h4H,3H2,1-2H3/t4-/m0/s1/i3D2. The van der Waals surface area contributed by atoms with Gasteiger partial charge in [-0.05, 0) is 18.0 Å². The highest BCUT2D eigenvalue weighted by Crippen LogP contribution is 2.03. The molecule has 0 aromatic heterocycles. The van der Waals surface area contributed by atoms with E-state index in [0.29, 0.717) is 0 Å². The van der Waals surface area contributed by atoms with E-state index in [0.717, 1.165) is 0 Å². The average Bonchev–Trinajstić information content (AvgIpc) is 1.62. The van der Waals surface area contributed by atoms with Crippen LogP contribution in [-0.4, -0.2) is 5.24 Å². The van der Waals surface area contributed by atoms with Gasteiger partial charge >= 0.3 is 0 Å². The molecule has 0 saturated heterocycles. The molecule has 0 saturated carbocycles. The first kappa shape index (κ1) is 3.90. The van der Waals surface area contributed by atoms with Gasteiger partial charge in [-0.3, -0.25) is 4.79 Å². The van der Waals surface area contributed by atoms with Crippen molar-refractivity contribution < 1.29 is 7.54 Å². The third kappa shape index (κ3) is 2.63. The van der Waals surface area contributed by atoms with E-state index in [9.17, 15) is 4.79 Å². The Morgan fingerprint density at radius 3 is 2.57 bits per heavy atom. The normalized spacial score (nSPS) is 19.9.